The average molecular weight is 550 g/mol. The van der Waals surface area contributed by atoms with E-state index < -0.39 is 47.7 Å². The van der Waals surface area contributed by atoms with Gasteiger partial charge in [0.1, 0.15) is 24.1 Å². The van der Waals surface area contributed by atoms with Gasteiger partial charge in [0.25, 0.3) is 0 Å². The second-order valence-electron chi connectivity index (χ2n) is 10.5. The number of nitrogens with one attached hydrogen (secondary N) is 1. The summed E-state index contributed by atoms with van der Waals surface area (Å²) in [6.45, 7) is 4.62. The molecule has 0 saturated carbocycles. The van der Waals surface area contributed by atoms with Gasteiger partial charge < -0.3 is 29.7 Å². The molecule has 1 amide bonds. The third-order valence-corrected chi connectivity index (χ3v) is 7.32. The van der Waals surface area contributed by atoms with Gasteiger partial charge in [0.2, 0.25) is 12.2 Å². The molecule has 10 heteroatoms. The number of amides is 1. The van der Waals surface area contributed by atoms with Crippen LogP contribution in [-0.2, 0) is 20.4 Å². The minimum absolute atomic E-state index is 0.122. The Morgan fingerprint density at radius 2 is 1.77 bits per heavy atom. The summed E-state index contributed by atoms with van der Waals surface area (Å²) in [5.41, 5.74) is -0.434. The summed E-state index contributed by atoms with van der Waals surface area (Å²) < 4.78 is 59.4. The SMILES string of the molecule is CO[C@@H]1[C@@H](O)[C@@H](O)C(Oc2ccc(-c3ccccc3C3CC=CCC3NC(C)=O)cc2C(F)(F)F)OC1(C)C. The van der Waals surface area contributed by atoms with Crippen LogP contribution in [0.5, 0.6) is 5.75 Å². The number of methoxy groups -OCH3 is 1. The van der Waals surface area contributed by atoms with Crippen molar-refractivity contribution >= 4 is 5.91 Å². The van der Waals surface area contributed by atoms with Gasteiger partial charge in [0.15, 0.2) is 0 Å². The van der Waals surface area contributed by atoms with Crippen molar-refractivity contribution in [1.82, 2.24) is 5.32 Å². The molecular formula is C29H34F3NO6. The number of hydrogen-bond acceptors (Lipinski definition) is 6. The zero-order valence-electron chi connectivity index (χ0n) is 22.2. The number of carbonyl (C=O) groups is 1. The smallest absolute Gasteiger partial charge is 0.419 e. The lowest BCUT2D eigenvalue weighted by Crippen LogP contribution is -2.63. The second kappa shape index (κ2) is 11.3. The number of alkyl halides is 3. The van der Waals surface area contributed by atoms with E-state index in [2.05, 4.69) is 5.32 Å². The predicted octanol–water partition coefficient (Wildman–Crippen LogP) is 4.56. The normalized spacial score (nSPS) is 28.6. The number of aliphatic hydroxyl groups excluding tert-OH is 2. The number of ether oxygens (including phenoxy) is 3. The van der Waals surface area contributed by atoms with Crippen molar-refractivity contribution < 1.29 is 42.4 Å². The van der Waals surface area contributed by atoms with Gasteiger partial charge in [-0.3, -0.25) is 4.79 Å². The minimum atomic E-state index is -4.78. The van der Waals surface area contributed by atoms with Crippen LogP contribution in [0.3, 0.4) is 0 Å². The molecule has 0 spiro atoms. The van der Waals surface area contributed by atoms with Crippen molar-refractivity contribution in [3.05, 3.63) is 65.7 Å². The Morgan fingerprint density at radius 3 is 2.44 bits per heavy atom. The molecule has 1 aliphatic heterocycles. The van der Waals surface area contributed by atoms with Crippen molar-refractivity contribution in [2.45, 2.75) is 82.0 Å². The van der Waals surface area contributed by atoms with E-state index in [1.807, 2.05) is 24.3 Å². The Bertz CT molecular complexity index is 1210. The molecule has 1 heterocycles. The van der Waals surface area contributed by atoms with Gasteiger partial charge in [-0.15, -0.1) is 0 Å². The van der Waals surface area contributed by atoms with Crippen LogP contribution in [0.25, 0.3) is 11.1 Å². The first-order valence-electron chi connectivity index (χ1n) is 12.8. The Labute approximate surface area is 225 Å². The summed E-state index contributed by atoms with van der Waals surface area (Å²) in [6.07, 6.45) is -5.09. The monoisotopic (exact) mass is 549 g/mol. The van der Waals surface area contributed by atoms with Crippen LogP contribution >= 0.6 is 0 Å². The topological polar surface area (TPSA) is 97.3 Å². The average Bonchev–Trinajstić information content (AvgIpc) is 2.87. The fraction of sp³-hybridized carbons (Fsp3) is 0.483. The summed E-state index contributed by atoms with van der Waals surface area (Å²) in [7, 11) is 1.34. The van der Waals surface area contributed by atoms with Gasteiger partial charge in [-0.25, -0.2) is 0 Å². The number of aliphatic hydroxyl groups is 2. The molecule has 2 aromatic carbocycles. The molecule has 1 fully saturated rings. The third kappa shape index (κ3) is 6.14. The highest BCUT2D eigenvalue weighted by Gasteiger charge is 2.51. The van der Waals surface area contributed by atoms with E-state index in [0.717, 1.165) is 11.6 Å². The zero-order chi connectivity index (χ0) is 28.5. The number of benzene rings is 2. The standard InChI is InChI=1S/C29H34F3NO6/c1-16(34)33-22-12-8-7-11-20(22)19-10-6-5-9-18(19)17-13-14-23(21(15-17)29(30,31)32)38-27-25(36)24(35)26(37-4)28(2,3)39-27/h5-10,13-15,20,22,24-27,35-36H,11-12H2,1-4H3,(H,33,34)/t20?,22?,24-,25+,26+,27?/m0/s1. The Kier molecular flexibility index (Phi) is 8.41. The van der Waals surface area contributed by atoms with Gasteiger partial charge >= 0.3 is 6.18 Å². The van der Waals surface area contributed by atoms with E-state index in [1.165, 1.54) is 26.2 Å². The van der Waals surface area contributed by atoms with E-state index in [1.54, 1.807) is 26.0 Å². The van der Waals surface area contributed by atoms with E-state index in [0.29, 0.717) is 24.0 Å². The first-order valence-corrected chi connectivity index (χ1v) is 12.8. The van der Waals surface area contributed by atoms with Crippen LogP contribution in [0.4, 0.5) is 13.2 Å². The number of allylic oxidation sites excluding steroid dienone is 1. The van der Waals surface area contributed by atoms with Gasteiger partial charge in [0, 0.05) is 26.0 Å². The van der Waals surface area contributed by atoms with Crippen LogP contribution in [0.2, 0.25) is 0 Å². The predicted molar refractivity (Wildman–Crippen MR) is 138 cm³/mol. The molecule has 0 radical (unpaired) electrons. The third-order valence-electron chi connectivity index (χ3n) is 7.32. The highest BCUT2D eigenvalue weighted by atomic mass is 19.4. The van der Waals surface area contributed by atoms with Gasteiger partial charge in [-0.1, -0.05) is 42.5 Å². The maximum absolute atomic E-state index is 14.3. The van der Waals surface area contributed by atoms with E-state index in [4.69, 9.17) is 14.2 Å². The Balaban J connectivity index is 1.71. The maximum Gasteiger partial charge on any atom is 0.419 e. The van der Waals surface area contributed by atoms with Crippen LogP contribution in [0.1, 0.15) is 50.7 Å². The van der Waals surface area contributed by atoms with E-state index in [-0.39, 0.29) is 17.9 Å². The van der Waals surface area contributed by atoms with Gasteiger partial charge in [-0.05, 0) is 55.5 Å². The maximum atomic E-state index is 14.3. The molecule has 2 aromatic rings. The van der Waals surface area contributed by atoms with Crippen molar-refractivity contribution in [3.8, 4) is 16.9 Å². The van der Waals surface area contributed by atoms with Crippen molar-refractivity contribution in [2.75, 3.05) is 7.11 Å². The largest absolute Gasteiger partial charge is 0.461 e. The molecular weight excluding hydrogens is 515 g/mol. The summed E-state index contributed by atoms with van der Waals surface area (Å²) in [5.74, 6) is -0.831. The Hall–Kier alpha value is -2.92. The van der Waals surface area contributed by atoms with Crippen LogP contribution in [0, 0.1) is 0 Å². The van der Waals surface area contributed by atoms with E-state index in [9.17, 15) is 28.2 Å². The first-order chi connectivity index (χ1) is 18.3. The molecule has 3 unspecified atom stereocenters. The summed E-state index contributed by atoms with van der Waals surface area (Å²) in [6, 6.07) is 10.7. The van der Waals surface area contributed by atoms with Crippen LogP contribution < -0.4 is 10.1 Å². The van der Waals surface area contributed by atoms with Gasteiger partial charge in [-0.2, -0.15) is 13.2 Å². The first kappa shape index (κ1) is 29.1. The number of hydrogen-bond donors (Lipinski definition) is 3. The molecule has 1 saturated heterocycles. The lowest BCUT2D eigenvalue weighted by atomic mass is 9.80. The lowest BCUT2D eigenvalue weighted by Gasteiger charge is -2.46. The number of carbonyl (C=O) groups excluding carboxylic acids is 1. The van der Waals surface area contributed by atoms with Crippen LogP contribution in [0.15, 0.2) is 54.6 Å². The molecule has 4 rings (SSSR count). The summed E-state index contributed by atoms with van der Waals surface area (Å²) >= 11 is 0. The Morgan fingerprint density at radius 1 is 1.08 bits per heavy atom. The molecule has 1 aliphatic carbocycles. The van der Waals surface area contributed by atoms with Crippen LogP contribution in [-0.4, -0.2) is 59.5 Å². The molecule has 212 valence electrons. The minimum Gasteiger partial charge on any atom is -0.461 e. The molecule has 39 heavy (non-hydrogen) atoms. The molecule has 2 aliphatic rings. The van der Waals surface area contributed by atoms with E-state index >= 15 is 0 Å². The van der Waals surface area contributed by atoms with Gasteiger partial charge in [0.05, 0.1) is 11.2 Å². The lowest BCUT2D eigenvalue weighted by molar-refractivity contribution is -0.306. The highest BCUT2D eigenvalue weighted by molar-refractivity contribution is 5.74. The van der Waals surface area contributed by atoms with Crippen molar-refractivity contribution in [3.63, 3.8) is 0 Å². The van der Waals surface area contributed by atoms with Crippen molar-refractivity contribution in [1.29, 1.82) is 0 Å². The zero-order valence-corrected chi connectivity index (χ0v) is 22.2. The highest BCUT2D eigenvalue weighted by Crippen LogP contribution is 2.43. The summed E-state index contributed by atoms with van der Waals surface area (Å²) in [5, 5.41) is 24.0. The van der Waals surface area contributed by atoms with Crippen molar-refractivity contribution in [2.24, 2.45) is 0 Å². The molecule has 6 atom stereocenters. The number of halogens is 3. The molecule has 3 N–H and O–H groups in total. The molecule has 0 aromatic heterocycles. The molecule has 0 bridgehead atoms. The molecule has 7 nitrogen and oxygen atoms in total. The summed E-state index contributed by atoms with van der Waals surface area (Å²) in [4.78, 5) is 11.8. The quantitative estimate of drug-likeness (QED) is 0.457. The number of rotatable bonds is 6. The fourth-order valence-electron chi connectivity index (χ4n) is 5.51. The second-order valence-corrected chi connectivity index (χ2v) is 10.5. The fourth-order valence-corrected chi connectivity index (χ4v) is 5.51.